The minimum atomic E-state index is -4.37. The molecule has 0 spiro atoms. The van der Waals surface area contributed by atoms with Gasteiger partial charge in [-0.3, -0.25) is 4.90 Å². The maximum atomic E-state index is 14.3. The largest absolute Gasteiger partial charge is 0.405 e. The van der Waals surface area contributed by atoms with Crippen LogP contribution in [-0.4, -0.2) is 67.1 Å². The normalized spacial score (nSPS) is 39.4. The average Bonchev–Trinajstić information content (AvgIpc) is 2.36. The number of halogens is 5. The van der Waals surface area contributed by atoms with Crippen LogP contribution in [-0.2, 0) is 0 Å². The molecule has 2 aliphatic rings. The third-order valence-corrected chi connectivity index (χ3v) is 5.07. The lowest BCUT2D eigenvalue weighted by atomic mass is 9.76. The molecule has 1 saturated heterocycles. The lowest BCUT2D eigenvalue weighted by Gasteiger charge is -2.48. The molecular formula is C15H25F5N2. The molecule has 1 heterocycles. The molecule has 0 bridgehead atoms. The van der Waals surface area contributed by atoms with E-state index in [1.54, 1.807) is 25.8 Å². The van der Waals surface area contributed by atoms with E-state index < -0.39 is 36.5 Å². The molecule has 0 radical (unpaired) electrons. The monoisotopic (exact) mass is 328 g/mol. The van der Waals surface area contributed by atoms with Crippen LogP contribution in [0, 0.1) is 11.8 Å². The fourth-order valence-corrected chi connectivity index (χ4v) is 3.92. The van der Waals surface area contributed by atoms with Crippen LogP contribution in [0.1, 0.15) is 26.7 Å². The minimum Gasteiger partial charge on any atom is -0.303 e. The van der Waals surface area contributed by atoms with Crippen LogP contribution >= 0.6 is 0 Å². The summed E-state index contributed by atoms with van der Waals surface area (Å²) in [4.78, 5) is 2.91. The molecule has 1 aliphatic carbocycles. The highest BCUT2D eigenvalue weighted by atomic mass is 19.4. The Kier molecular flexibility index (Phi) is 5.37. The Balaban J connectivity index is 2.13. The summed E-state index contributed by atoms with van der Waals surface area (Å²) in [6.07, 6.45) is -7.12. The van der Waals surface area contributed by atoms with Gasteiger partial charge in [-0.2, -0.15) is 13.2 Å². The Hall–Kier alpha value is -0.430. The van der Waals surface area contributed by atoms with Gasteiger partial charge in [0.25, 0.3) is 0 Å². The highest BCUT2D eigenvalue weighted by molar-refractivity contribution is 4.97. The summed E-state index contributed by atoms with van der Waals surface area (Å²) in [7, 11) is 1.64. The summed E-state index contributed by atoms with van der Waals surface area (Å²) in [5.41, 5.74) is 0. The predicted octanol–water partition coefficient (Wildman–Crippen LogP) is 3.28. The first kappa shape index (κ1) is 17.9. The summed E-state index contributed by atoms with van der Waals surface area (Å²) in [5, 5.41) is 0. The van der Waals surface area contributed by atoms with Crippen molar-refractivity contribution in [2.45, 2.75) is 57.3 Å². The number of piperazine rings is 1. The van der Waals surface area contributed by atoms with Crippen LogP contribution in [0.5, 0.6) is 0 Å². The first-order chi connectivity index (χ1) is 10.1. The minimum absolute atomic E-state index is 0.000436. The molecule has 22 heavy (non-hydrogen) atoms. The molecule has 0 aromatic rings. The van der Waals surface area contributed by atoms with E-state index in [0.717, 1.165) is 0 Å². The standard InChI is InChI=1S/C15H25F5N2/c1-9(2)14-11(16)6-10(7-12(14)17)22-5-4-21(3)8-13(22)15(18,19)20/h9-14H,4-8H2,1-3H3/t10?,11?,12?,13-,14?/m1/s1. The molecule has 0 aromatic heterocycles. The second-order valence-corrected chi connectivity index (χ2v) is 7.04. The molecule has 0 amide bonds. The Labute approximate surface area is 128 Å². The molecule has 0 aromatic carbocycles. The Morgan fingerprint density at radius 2 is 1.55 bits per heavy atom. The number of nitrogens with zero attached hydrogens (tertiary/aromatic N) is 2. The van der Waals surface area contributed by atoms with Gasteiger partial charge in [0.2, 0.25) is 0 Å². The highest BCUT2D eigenvalue weighted by Gasteiger charge is 2.50. The Morgan fingerprint density at radius 1 is 1.00 bits per heavy atom. The molecule has 130 valence electrons. The third kappa shape index (κ3) is 3.72. The van der Waals surface area contributed by atoms with E-state index in [0.29, 0.717) is 6.54 Å². The van der Waals surface area contributed by atoms with Crippen LogP contribution < -0.4 is 0 Å². The van der Waals surface area contributed by atoms with Gasteiger partial charge in [-0.15, -0.1) is 0 Å². The zero-order chi connectivity index (χ0) is 16.7. The predicted molar refractivity (Wildman–Crippen MR) is 75.2 cm³/mol. The zero-order valence-corrected chi connectivity index (χ0v) is 13.3. The van der Waals surface area contributed by atoms with Crippen LogP contribution in [0.15, 0.2) is 0 Å². The molecule has 1 saturated carbocycles. The number of rotatable bonds is 2. The van der Waals surface area contributed by atoms with E-state index in [1.807, 2.05) is 0 Å². The van der Waals surface area contributed by atoms with Gasteiger partial charge in [0, 0.05) is 31.6 Å². The summed E-state index contributed by atoms with van der Waals surface area (Å²) >= 11 is 0. The molecule has 2 rings (SSSR count). The van der Waals surface area contributed by atoms with Gasteiger partial charge in [0.15, 0.2) is 0 Å². The van der Waals surface area contributed by atoms with Crippen molar-refractivity contribution >= 4 is 0 Å². The summed E-state index contributed by atoms with van der Waals surface area (Å²) in [5.74, 6) is -0.843. The maximum Gasteiger partial charge on any atom is 0.405 e. The van der Waals surface area contributed by atoms with Gasteiger partial charge in [0.1, 0.15) is 18.4 Å². The van der Waals surface area contributed by atoms with Gasteiger partial charge < -0.3 is 4.90 Å². The topological polar surface area (TPSA) is 6.48 Å². The first-order valence-electron chi connectivity index (χ1n) is 7.90. The van der Waals surface area contributed by atoms with Gasteiger partial charge >= 0.3 is 6.18 Å². The summed E-state index contributed by atoms with van der Waals surface area (Å²) < 4.78 is 68.4. The number of hydrogen-bond acceptors (Lipinski definition) is 2. The maximum absolute atomic E-state index is 14.3. The fraction of sp³-hybridized carbons (Fsp3) is 1.00. The van der Waals surface area contributed by atoms with Crippen molar-refractivity contribution in [3.63, 3.8) is 0 Å². The summed E-state index contributed by atoms with van der Waals surface area (Å²) in [6, 6.07) is -2.30. The Morgan fingerprint density at radius 3 is 2.00 bits per heavy atom. The lowest BCUT2D eigenvalue weighted by molar-refractivity contribution is -0.207. The second-order valence-electron chi connectivity index (χ2n) is 7.04. The molecule has 7 heteroatoms. The molecule has 0 N–H and O–H groups in total. The number of likely N-dealkylation sites (N-methyl/N-ethyl adjacent to an activating group) is 1. The van der Waals surface area contributed by atoms with Crippen molar-refractivity contribution in [2.75, 3.05) is 26.7 Å². The van der Waals surface area contributed by atoms with Crippen molar-refractivity contribution in [2.24, 2.45) is 11.8 Å². The Bertz CT molecular complexity index is 361. The van der Waals surface area contributed by atoms with Crippen molar-refractivity contribution in [3.8, 4) is 0 Å². The van der Waals surface area contributed by atoms with E-state index in [4.69, 9.17) is 0 Å². The molecule has 2 fully saturated rings. The van der Waals surface area contributed by atoms with E-state index in [1.165, 1.54) is 4.90 Å². The third-order valence-electron chi connectivity index (χ3n) is 5.07. The van der Waals surface area contributed by atoms with Crippen LogP contribution in [0.3, 0.4) is 0 Å². The SMILES string of the molecule is CC(C)C1C(F)CC(N2CCN(C)C[C@@H]2C(F)(F)F)CC1F. The lowest BCUT2D eigenvalue weighted by Crippen LogP contribution is -2.62. The molecular weight excluding hydrogens is 303 g/mol. The van der Waals surface area contributed by atoms with Gasteiger partial charge in [-0.05, 0) is 25.8 Å². The van der Waals surface area contributed by atoms with Gasteiger partial charge in [-0.1, -0.05) is 13.8 Å². The number of alkyl halides is 5. The smallest absolute Gasteiger partial charge is 0.303 e. The van der Waals surface area contributed by atoms with E-state index in [-0.39, 0.29) is 31.8 Å². The first-order valence-corrected chi connectivity index (χ1v) is 7.90. The molecule has 2 unspecified atom stereocenters. The second kappa shape index (κ2) is 6.59. The van der Waals surface area contributed by atoms with Crippen molar-refractivity contribution in [1.82, 2.24) is 9.80 Å². The van der Waals surface area contributed by atoms with Gasteiger partial charge in [0.05, 0.1) is 0 Å². The zero-order valence-electron chi connectivity index (χ0n) is 13.3. The van der Waals surface area contributed by atoms with E-state index >= 15 is 0 Å². The van der Waals surface area contributed by atoms with Crippen LogP contribution in [0.2, 0.25) is 0 Å². The summed E-state index contributed by atoms with van der Waals surface area (Å²) in [6.45, 7) is 4.08. The number of hydrogen-bond donors (Lipinski definition) is 0. The van der Waals surface area contributed by atoms with Gasteiger partial charge in [-0.25, -0.2) is 8.78 Å². The van der Waals surface area contributed by atoms with Crippen molar-refractivity contribution < 1.29 is 22.0 Å². The van der Waals surface area contributed by atoms with E-state index in [2.05, 4.69) is 0 Å². The quantitative estimate of drug-likeness (QED) is 0.718. The average molecular weight is 328 g/mol. The molecule has 3 atom stereocenters. The van der Waals surface area contributed by atoms with Crippen molar-refractivity contribution in [3.05, 3.63) is 0 Å². The van der Waals surface area contributed by atoms with Crippen molar-refractivity contribution in [1.29, 1.82) is 0 Å². The van der Waals surface area contributed by atoms with E-state index in [9.17, 15) is 22.0 Å². The molecule has 2 nitrogen and oxygen atoms in total. The van der Waals surface area contributed by atoms with Crippen LogP contribution in [0.25, 0.3) is 0 Å². The molecule has 1 aliphatic heterocycles. The highest BCUT2D eigenvalue weighted by Crippen LogP contribution is 2.39. The fourth-order valence-electron chi connectivity index (χ4n) is 3.92. The van der Waals surface area contributed by atoms with Crippen LogP contribution in [0.4, 0.5) is 22.0 Å².